The quantitative estimate of drug-likeness (QED) is 0.504. The van der Waals surface area contributed by atoms with Crippen LogP contribution in [0.3, 0.4) is 0 Å². The van der Waals surface area contributed by atoms with E-state index in [1.807, 2.05) is 11.6 Å². The second kappa shape index (κ2) is 1.56. The predicted octanol–water partition coefficient (Wildman–Crippen LogP) is 0.533. The molecule has 9 heavy (non-hydrogen) atoms. The van der Waals surface area contributed by atoms with Crippen LogP contribution in [0.4, 0.5) is 0 Å². The summed E-state index contributed by atoms with van der Waals surface area (Å²) in [4.78, 5) is 0. The van der Waals surface area contributed by atoms with Crippen molar-refractivity contribution in [1.82, 2.24) is 15.0 Å². The summed E-state index contributed by atoms with van der Waals surface area (Å²) in [7, 11) is 0. The topological polar surface area (TPSA) is 30.7 Å². The van der Waals surface area contributed by atoms with Gasteiger partial charge in [-0.3, -0.25) is 0 Å². The van der Waals surface area contributed by atoms with Crippen molar-refractivity contribution in [3.05, 3.63) is 11.4 Å². The van der Waals surface area contributed by atoms with E-state index in [2.05, 4.69) is 10.3 Å². The first-order chi connectivity index (χ1) is 4.38. The minimum atomic E-state index is 1.07. The fourth-order valence-corrected chi connectivity index (χ4v) is 1.31. The third-order valence-electron chi connectivity index (χ3n) is 1.82. The van der Waals surface area contributed by atoms with Crippen molar-refractivity contribution >= 4 is 0 Å². The Hall–Kier alpha value is -0.860. The van der Waals surface area contributed by atoms with Crippen molar-refractivity contribution in [1.29, 1.82) is 0 Å². The van der Waals surface area contributed by atoms with Gasteiger partial charge in [-0.05, 0) is 19.8 Å². The van der Waals surface area contributed by atoms with Gasteiger partial charge < -0.3 is 0 Å². The monoisotopic (exact) mass is 123 g/mol. The number of hydrogen-bond acceptors (Lipinski definition) is 2. The van der Waals surface area contributed by atoms with Crippen molar-refractivity contribution in [2.75, 3.05) is 0 Å². The van der Waals surface area contributed by atoms with Crippen LogP contribution in [0.25, 0.3) is 0 Å². The minimum Gasteiger partial charge on any atom is -0.249 e. The van der Waals surface area contributed by atoms with Crippen LogP contribution in [0.15, 0.2) is 0 Å². The molecular weight excluding hydrogens is 114 g/mol. The summed E-state index contributed by atoms with van der Waals surface area (Å²) in [6.45, 7) is 3.08. The number of aryl methyl sites for hydroxylation is 2. The fraction of sp³-hybridized carbons (Fsp3) is 0.667. The van der Waals surface area contributed by atoms with Gasteiger partial charge in [-0.15, -0.1) is 5.10 Å². The number of hydrogen-bond donors (Lipinski definition) is 0. The SMILES string of the molecule is Cc1nnn2c1CCC2. The number of nitrogens with zero attached hydrogens (tertiary/aromatic N) is 3. The summed E-state index contributed by atoms with van der Waals surface area (Å²) >= 11 is 0. The third kappa shape index (κ3) is 0.573. The molecule has 0 radical (unpaired) electrons. The predicted molar refractivity (Wildman–Crippen MR) is 33.1 cm³/mol. The van der Waals surface area contributed by atoms with Gasteiger partial charge in [0.1, 0.15) is 0 Å². The second-order valence-corrected chi connectivity index (χ2v) is 2.45. The Bertz CT molecular complexity index is 226. The van der Waals surface area contributed by atoms with Crippen LogP contribution in [0, 0.1) is 6.92 Å². The van der Waals surface area contributed by atoms with Crippen molar-refractivity contribution in [3.63, 3.8) is 0 Å². The minimum absolute atomic E-state index is 1.07. The summed E-state index contributed by atoms with van der Waals surface area (Å²) in [6.07, 6.45) is 2.41. The molecular formula is C6H9N3. The maximum Gasteiger partial charge on any atom is 0.0828 e. The highest BCUT2D eigenvalue weighted by atomic mass is 15.4. The van der Waals surface area contributed by atoms with Crippen molar-refractivity contribution < 1.29 is 0 Å². The van der Waals surface area contributed by atoms with Gasteiger partial charge in [0.25, 0.3) is 0 Å². The van der Waals surface area contributed by atoms with Gasteiger partial charge >= 0.3 is 0 Å². The first-order valence-corrected chi connectivity index (χ1v) is 3.27. The molecule has 0 saturated heterocycles. The van der Waals surface area contributed by atoms with Crippen LogP contribution in [0.2, 0.25) is 0 Å². The number of rotatable bonds is 0. The van der Waals surface area contributed by atoms with E-state index in [9.17, 15) is 0 Å². The average molecular weight is 123 g/mol. The Kier molecular flexibility index (Phi) is 0.860. The Morgan fingerprint density at radius 3 is 3.22 bits per heavy atom. The Morgan fingerprint density at radius 1 is 1.56 bits per heavy atom. The van der Waals surface area contributed by atoms with Gasteiger partial charge in [-0.2, -0.15) is 0 Å². The fourth-order valence-electron chi connectivity index (χ4n) is 1.31. The second-order valence-electron chi connectivity index (χ2n) is 2.45. The van der Waals surface area contributed by atoms with Crippen molar-refractivity contribution in [3.8, 4) is 0 Å². The third-order valence-corrected chi connectivity index (χ3v) is 1.82. The molecule has 1 aliphatic heterocycles. The molecule has 1 aromatic heterocycles. The lowest BCUT2D eigenvalue weighted by molar-refractivity contribution is 0.622. The van der Waals surface area contributed by atoms with Crippen LogP contribution in [-0.2, 0) is 13.0 Å². The molecule has 0 bridgehead atoms. The normalized spacial score (nSPS) is 16.1. The lowest BCUT2D eigenvalue weighted by Gasteiger charge is -1.87. The van der Waals surface area contributed by atoms with E-state index in [0.717, 1.165) is 12.2 Å². The van der Waals surface area contributed by atoms with Gasteiger partial charge in [0.05, 0.1) is 11.4 Å². The van der Waals surface area contributed by atoms with Gasteiger partial charge in [-0.25, -0.2) is 4.68 Å². The van der Waals surface area contributed by atoms with Crippen molar-refractivity contribution in [2.24, 2.45) is 0 Å². The van der Waals surface area contributed by atoms with Crippen molar-refractivity contribution in [2.45, 2.75) is 26.3 Å². The van der Waals surface area contributed by atoms with E-state index in [1.54, 1.807) is 0 Å². The van der Waals surface area contributed by atoms with Crippen LogP contribution >= 0.6 is 0 Å². The zero-order chi connectivity index (χ0) is 6.27. The molecule has 0 spiro atoms. The molecule has 0 aliphatic carbocycles. The van der Waals surface area contributed by atoms with Crippen LogP contribution < -0.4 is 0 Å². The molecule has 1 aromatic rings. The van der Waals surface area contributed by atoms with E-state index in [-0.39, 0.29) is 0 Å². The zero-order valence-electron chi connectivity index (χ0n) is 5.46. The summed E-state index contributed by atoms with van der Waals surface area (Å²) in [6, 6.07) is 0. The maximum absolute atomic E-state index is 3.96. The first kappa shape index (κ1) is 4.97. The average Bonchev–Trinajstić information content (AvgIpc) is 2.35. The molecule has 0 fully saturated rings. The van der Waals surface area contributed by atoms with Gasteiger partial charge in [0, 0.05) is 6.54 Å². The van der Waals surface area contributed by atoms with E-state index in [0.29, 0.717) is 0 Å². The molecule has 48 valence electrons. The van der Waals surface area contributed by atoms with E-state index in [1.165, 1.54) is 18.5 Å². The highest BCUT2D eigenvalue weighted by Gasteiger charge is 2.13. The van der Waals surface area contributed by atoms with E-state index >= 15 is 0 Å². The smallest absolute Gasteiger partial charge is 0.0828 e. The highest BCUT2D eigenvalue weighted by molar-refractivity contribution is 5.10. The van der Waals surface area contributed by atoms with E-state index in [4.69, 9.17) is 0 Å². The Morgan fingerprint density at radius 2 is 2.44 bits per heavy atom. The molecule has 0 amide bonds. The lowest BCUT2D eigenvalue weighted by atomic mass is 10.2. The standard InChI is InChI=1S/C6H9N3/c1-5-6-3-2-4-9(6)8-7-5/h2-4H2,1H3. The summed E-state index contributed by atoms with van der Waals surface area (Å²) in [5.41, 5.74) is 2.43. The summed E-state index contributed by atoms with van der Waals surface area (Å²) in [5, 5.41) is 7.91. The molecule has 1 aliphatic rings. The van der Waals surface area contributed by atoms with Crippen LogP contribution in [-0.4, -0.2) is 15.0 Å². The van der Waals surface area contributed by atoms with Gasteiger partial charge in [-0.1, -0.05) is 5.21 Å². The Labute approximate surface area is 53.7 Å². The van der Waals surface area contributed by atoms with E-state index < -0.39 is 0 Å². The molecule has 3 nitrogen and oxygen atoms in total. The van der Waals surface area contributed by atoms with Gasteiger partial charge in [0.15, 0.2) is 0 Å². The Balaban J connectivity index is 2.56. The zero-order valence-corrected chi connectivity index (χ0v) is 5.46. The first-order valence-electron chi connectivity index (χ1n) is 3.27. The van der Waals surface area contributed by atoms with Crippen LogP contribution in [0.5, 0.6) is 0 Å². The number of aromatic nitrogens is 3. The number of fused-ring (bicyclic) bond motifs is 1. The highest BCUT2D eigenvalue weighted by Crippen LogP contribution is 2.14. The lowest BCUT2D eigenvalue weighted by Crippen LogP contribution is -1.93. The molecule has 3 heteroatoms. The van der Waals surface area contributed by atoms with Crippen LogP contribution in [0.1, 0.15) is 17.8 Å². The molecule has 0 N–H and O–H groups in total. The molecule has 0 unspecified atom stereocenters. The summed E-state index contributed by atoms with van der Waals surface area (Å²) in [5.74, 6) is 0. The maximum atomic E-state index is 3.96. The molecule has 2 rings (SSSR count). The molecule has 0 aromatic carbocycles. The largest absolute Gasteiger partial charge is 0.249 e. The molecule has 0 atom stereocenters. The molecule has 0 saturated carbocycles. The van der Waals surface area contributed by atoms with Gasteiger partial charge in [0.2, 0.25) is 0 Å². The molecule has 2 heterocycles. The summed E-state index contributed by atoms with van der Waals surface area (Å²) < 4.78 is 2.00.